The number of H-pyrrole nitrogens is 1. The van der Waals surface area contributed by atoms with Crippen LogP contribution in [0, 0.1) is 0 Å². The third-order valence-corrected chi connectivity index (χ3v) is 4.56. The van der Waals surface area contributed by atoms with Crippen molar-refractivity contribution in [2.24, 2.45) is 0 Å². The van der Waals surface area contributed by atoms with Crippen LogP contribution in [0.1, 0.15) is 76.5 Å². The summed E-state index contributed by atoms with van der Waals surface area (Å²) in [6.45, 7) is 12.8. The lowest BCUT2D eigenvalue weighted by molar-refractivity contribution is 0.794. The molecule has 4 heteroatoms. The Kier molecular flexibility index (Phi) is 9.20. The summed E-state index contributed by atoms with van der Waals surface area (Å²) in [4.78, 5) is 15.8. The highest BCUT2D eigenvalue weighted by molar-refractivity contribution is 5.78. The zero-order valence-corrected chi connectivity index (χ0v) is 19.0. The monoisotopic (exact) mass is 402 g/mol. The van der Waals surface area contributed by atoms with Crippen LogP contribution < -0.4 is 0 Å². The molecule has 0 spiro atoms. The van der Waals surface area contributed by atoms with Crippen LogP contribution in [0.3, 0.4) is 0 Å². The molecule has 3 aromatic heterocycles. The smallest absolute Gasteiger partial charge is 0.108 e. The van der Waals surface area contributed by atoms with Gasteiger partial charge < -0.3 is 4.98 Å². The highest BCUT2D eigenvalue weighted by atomic mass is 14.9. The van der Waals surface area contributed by atoms with E-state index in [1.807, 2.05) is 42.7 Å². The van der Waals surface area contributed by atoms with Crippen LogP contribution in [0.15, 0.2) is 73.2 Å². The van der Waals surface area contributed by atoms with Gasteiger partial charge in [0.25, 0.3) is 0 Å². The third kappa shape index (κ3) is 7.43. The van der Waals surface area contributed by atoms with Crippen molar-refractivity contribution in [2.75, 3.05) is 0 Å². The van der Waals surface area contributed by atoms with Crippen LogP contribution in [0.2, 0.25) is 0 Å². The van der Waals surface area contributed by atoms with Gasteiger partial charge in [-0.3, -0.25) is 9.97 Å². The molecule has 0 saturated carbocycles. The maximum absolute atomic E-state index is 4.57. The Balaban J connectivity index is 0.000000167. The lowest BCUT2D eigenvalue weighted by atomic mass is 10.1. The Morgan fingerprint density at radius 3 is 1.83 bits per heavy atom. The maximum Gasteiger partial charge on any atom is 0.108 e. The summed E-state index contributed by atoms with van der Waals surface area (Å²) in [5.41, 5.74) is 3.42. The highest BCUT2D eigenvalue weighted by Gasteiger charge is 2.01. The summed E-state index contributed by atoms with van der Waals surface area (Å²) in [6.07, 6.45) is 5.44. The van der Waals surface area contributed by atoms with E-state index in [0.29, 0.717) is 17.8 Å². The van der Waals surface area contributed by atoms with Crippen molar-refractivity contribution >= 4 is 10.9 Å². The molecule has 0 saturated heterocycles. The average Bonchev–Trinajstić information content (AvgIpc) is 3.30. The largest absolute Gasteiger partial charge is 0.348 e. The molecular weight excluding hydrogens is 368 g/mol. The van der Waals surface area contributed by atoms with Crippen molar-refractivity contribution in [2.45, 2.75) is 59.3 Å². The molecule has 1 aromatic carbocycles. The fraction of sp³-hybridized carbons (Fsp3) is 0.346. The number of imidazole rings is 1. The van der Waals surface area contributed by atoms with Gasteiger partial charge in [-0.05, 0) is 36.1 Å². The van der Waals surface area contributed by atoms with E-state index >= 15 is 0 Å². The van der Waals surface area contributed by atoms with E-state index < -0.39 is 0 Å². The predicted molar refractivity (Wildman–Crippen MR) is 127 cm³/mol. The van der Waals surface area contributed by atoms with Gasteiger partial charge in [0.15, 0.2) is 0 Å². The SMILES string of the molecule is CC(C)c1ccc2ccccc2n1.CC(C)c1ccccn1.CC(C)c1ncc[nH]1. The number of benzene rings is 1. The lowest BCUT2D eigenvalue weighted by Gasteiger charge is -2.04. The fourth-order valence-corrected chi connectivity index (χ4v) is 2.71. The molecule has 30 heavy (non-hydrogen) atoms. The number of aromatic amines is 1. The first-order valence-corrected chi connectivity index (χ1v) is 10.6. The van der Waals surface area contributed by atoms with Crippen molar-refractivity contribution in [3.63, 3.8) is 0 Å². The van der Waals surface area contributed by atoms with Crippen molar-refractivity contribution in [3.8, 4) is 0 Å². The van der Waals surface area contributed by atoms with Crippen LogP contribution in [0.5, 0.6) is 0 Å². The number of nitrogens with one attached hydrogen (secondary N) is 1. The quantitative estimate of drug-likeness (QED) is 0.398. The highest BCUT2D eigenvalue weighted by Crippen LogP contribution is 2.16. The van der Waals surface area contributed by atoms with Gasteiger partial charge in [-0.1, -0.05) is 71.9 Å². The molecule has 0 aliphatic rings. The van der Waals surface area contributed by atoms with E-state index in [2.05, 4.69) is 85.7 Å². The molecule has 0 fully saturated rings. The van der Waals surface area contributed by atoms with E-state index in [1.54, 1.807) is 6.20 Å². The van der Waals surface area contributed by atoms with Gasteiger partial charge in [-0.25, -0.2) is 4.98 Å². The number of aromatic nitrogens is 4. The van der Waals surface area contributed by atoms with Crippen molar-refractivity contribution in [1.29, 1.82) is 0 Å². The molecule has 1 N–H and O–H groups in total. The summed E-state index contributed by atoms with van der Waals surface area (Å²) >= 11 is 0. The standard InChI is InChI=1S/C12H13N.C8H11N.C6H10N2/c1-9(2)11-8-7-10-5-3-4-6-12(10)13-11;1-7(2)8-5-3-4-6-9-8;1-5(2)6-7-3-4-8-6/h3-9H,1-2H3;3-7H,1-2H3;3-5H,1-2H3,(H,7,8). The van der Waals surface area contributed by atoms with Crippen molar-refractivity contribution < 1.29 is 0 Å². The van der Waals surface area contributed by atoms with Gasteiger partial charge in [0.1, 0.15) is 5.82 Å². The summed E-state index contributed by atoms with van der Waals surface area (Å²) in [7, 11) is 0. The molecule has 158 valence electrons. The number of hydrogen-bond acceptors (Lipinski definition) is 3. The predicted octanol–water partition coefficient (Wildman–Crippen LogP) is 7.10. The second-order valence-electron chi connectivity index (χ2n) is 8.12. The summed E-state index contributed by atoms with van der Waals surface area (Å²) in [6, 6.07) is 18.5. The van der Waals surface area contributed by atoms with Crippen molar-refractivity contribution in [1.82, 2.24) is 19.9 Å². The topological polar surface area (TPSA) is 54.5 Å². The first-order valence-electron chi connectivity index (χ1n) is 10.6. The number of nitrogens with zero attached hydrogens (tertiary/aromatic N) is 3. The van der Waals surface area contributed by atoms with Crippen LogP contribution >= 0.6 is 0 Å². The Morgan fingerprint density at radius 1 is 0.633 bits per heavy atom. The van der Waals surface area contributed by atoms with Crippen LogP contribution in [0.25, 0.3) is 10.9 Å². The van der Waals surface area contributed by atoms with Crippen LogP contribution in [0.4, 0.5) is 0 Å². The lowest BCUT2D eigenvalue weighted by Crippen LogP contribution is -1.91. The Morgan fingerprint density at radius 2 is 1.33 bits per heavy atom. The Hall–Kier alpha value is -3.01. The zero-order chi connectivity index (χ0) is 21.9. The molecule has 3 heterocycles. The zero-order valence-electron chi connectivity index (χ0n) is 19.0. The maximum atomic E-state index is 4.57. The van der Waals surface area contributed by atoms with Gasteiger partial charge in [-0.15, -0.1) is 0 Å². The van der Waals surface area contributed by atoms with Gasteiger partial charge in [-0.2, -0.15) is 0 Å². The molecule has 0 aliphatic heterocycles. The second kappa shape index (κ2) is 11.9. The van der Waals surface area contributed by atoms with Gasteiger partial charge in [0.05, 0.1) is 5.52 Å². The normalized spacial score (nSPS) is 10.6. The minimum absolute atomic E-state index is 0.504. The summed E-state index contributed by atoms with van der Waals surface area (Å²) in [5, 5.41) is 1.21. The number of hydrogen-bond donors (Lipinski definition) is 1. The van der Waals surface area contributed by atoms with E-state index in [-0.39, 0.29) is 0 Å². The van der Waals surface area contributed by atoms with Crippen LogP contribution in [-0.2, 0) is 0 Å². The molecule has 0 unspecified atom stereocenters. The molecule has 4 nitrogen and oxygen atoms in total. The van der Waals surface area contributed by atoms with E-state index in [0.717, 1.165) is 17.0 Å². The van der Waals surface area contributed by atoms with Gasteiger partial charge >= 0.3 is 0 Å². The van der Waals surface area contributed by atoms with Crippen molar-refractivity contribution in [3.05, 3.63) is 90.4 Å². The number of fused-ring (bicyclic) bond motifs is 1. The molecular formula is C26H34N4. The summed E-state index contributed by atoms with van der Waals surface area (Å²) < 4.78 is 0. The Labute approximate surface area is 180 Å². The molecule has 0 atom stereocenters. The minimum Gasteiger partial charge on any atom is -0.348 e. The molecule has 0 bridgehead atoms. The minimum atomic E-state index is 0.504. The molecule has 0 radical (unpaired) electrons. The molecule has 4 aromatic rings. The van der Waals surface area contributed by atoms with E-state index in [9.17, 15) is 0 Å². The number of rotatable bonds is 3. The molecule has 4 rings (SSSR count). The Bertz CT molecular complexity index is 974. The molecule has 0 amide bonds. The van der Waals surface area contributed by atoms with Gasteiger partial charge in [0, 0.05) is 41.3 Å². The fourth-order valence-electron chi connectivity index (χ4n) is 2.71. The first-order chi connectivity index (χ1) is 14.4. The summed E-state index contributed by atoms with van der Waals surface area (Å²) in [5.74, 6) is 2.63. The average molecular weight is 403 g/mol. The third-order valence-electron chi connectivity index (χ3n) is 4.56. The van der Waals surface area contributed by atoms with E-state index in [1.165, 1.54) is 11.1 Å². The van der Waals surface area contributed by atoms with Crippen LogP contribution in [-0.4, -0.2) is 19.9 Å². The van der Waals surface area contributed by atoms with E-state index in [4.69, 9.17) is 0 Å². The second-order valence-corrected chi connectivity index (χ2v) is 8.12. The molecule has 0 aliphatic carbocycles. The first kappa shape index (κ1) is 23.3. The van der Waals surface area contributed by atoms with Gasteiger partial charge in [0.2, 0.25) is 0 Å². The number of pyridine rings is 2. The number of para-hydroxylation sites is 1.